The van der Waals surface area contributed by atoms with Gasteiger partial charge in [-0.1, -0.05) is 19.8 Å². The second-order valence-electron chi connectivity index (χ2n) is 4.74. The molecule has 0 heterocycles. The van der Waals surface area contributed by atoms with Gasteiger partial charge in [0.05, 0.1) is 7.11 Å². The summed E-state index contributed by atoms with van der Waals surface area (Å²) in [6.07, 6.45) is 3.02. The molecule has 0 fully saturated rings. The Labute approximate surface area is 130 Å². The fourth-order valence-electron chi connectivity index (χ4n) is 1.92. The highest BCUT2D eigenvalue weighted by Gasteiger charge is 2.20. The van der Waals surface area contributed by atoms with Crippen molar-refractivity contribution in [1.82, 2.24) is 4.90 Å². The average molecular weight is 334 g/mol. The fourth-order valence-corrected chi connectivity index (χ4v) is 2.94. The molecular formula is C14H20ClNO4S. The maximum atomic E-state index is 12.3. The van der Waals surface area contributed by atoms with Gasteiger partial charge in [-0.2, -0.15) is 0 Å². The molecule has 0 saturated carbocycles. The Hall–Kier alpha value is -1.27. The number of methoxy groups -OCH3 is 1. The summed E-state index contributed by atoms with van der Waals surface area (Å²) >= 11 is 0. The molecule has 1 rings (SSSR count). The summed E-state index contributed by atoms with van der Waals surface area (Å²) in [6, 6.07) is 4.21. The normalized spacial score (nSPS) is 11.2. The molecule has 21 heavy (non-hydrogen) atoms. The minimum atomic E-state index is -3.97. The van der Waals surface area contributed by atoms with Gasteiger partial charge < -0.3 is 9.64 Å². The van der Waals surface area contributed by atoms with E-state index in [-0.39, 0.29) is 22.1 Å². The zero-order valence-electron chi connectivity index (χ0n) is 12.4. The van der Waals surface area contributed by atoms with E-state index in [1.165, 1.54) is 25.3 Å². The molecule has 0 bridgehead atoms. The maximum Gasteiger partial charge on any atom is 0.265 e. The van der Waals surface area contributed by atoms with Gasteiger partial charge in [-0.15, -0.1) is 0 Å². The van der Waals surface area contributed by atoms with Gasteiger partial charge >= 0.3 is 0 Å². The Bertz CT molecular complexity index is 601. The lowest BCUT2D eigenvalue weighted by Crippen LogP contribution is -2.27. The van der Waals surface area contributed by atoms with Crippen molar-refractivity contribution in [3.8, 4) is 5.75 Å². The smallest absolute Gasteiger partial charge is 0.265 e. The lowest BCUT2D eigenvalue weighted by atomic mass is 10.2. The SMILES string of the molecule is CCCCCN(C)C(=O)c1ccc(OC)c(S(=O)(=O)Cl)c1. The van der Waals surface area contributed by atoms with Crippen LogP contribution in [-0.2, 0) is 9.05 Å². The summed E-state index contributed by atoms with van der Waals surface area (Å²) in [6.45, 7) is 2.71. The standard InChI is InChI=1S/C14H20ClNO4S/c1-4-5-6-9-16(2)14(17)11-7-8-12(20-3)13(10-11)21(15,18)19/h7-8,10H,4-6,9H2,1-3H3. The van der Waals surface area contributed by atoms with E-state index >= 15 is 0 Å². The quantitative estimate of drug-likeness (QED) is 0.568. The van der Waals surface area contributed by atoms with Crippen molar-refractivity contribution in [3.63, 3.8) is 0 Å². The molecule has 0 aliphatic rings. The third-order valence-corrected chi connectivity index (χ3v) is 4.46. The topological polar surface area (TPSA) is 63.7 Å². The first kappa shape index (κ1) is 17.8. The van der Waals surface area contributed by atoms with E-state index in [0.29, 0.717) is 6.54 Å². The zero-order valence-corrected chi connectivity index (χ0v) is 14.0. The molecule has 1 aromatic rings. The Kier molecular flexibility index (Phi) is 6.48. The molecule has 0 aromatic heterocycles. The van der Waals surface area contributed by atoms with Crippen LogP contribution >= 0.6 is 10.7 Å². The highest BCUT2D eigenvalue weighted by molar-refractivity contribution is 8.13. The summed E-state index contributed by atoms with van der Waals surface area (Å²) in [5, 5.41) is 0. The predicted octanol–water partition coefficient (Wildman–Crippen LogP) is 2.88. The van der Waals surface area contributed by atoms with Gasteiger partial charge in [0.2, 0.25) is 0 Å². The first-order valence-electron chi connectivity index (χ1n) is 6.69. The zero-order chi connectivity index (χ0) is 16.0. The van der Waals surface area contributed by atoms with E-state index in [1.807, 2.05) is 0 Å². The lowest BCUT2D eigenvalue weighted by Gasteiger charge is -2.17. The van der Waals surface area contributed by atoms with E-state index < -0.39 is 9.05 Å². The molecule has 1 aromatic carbocycles. The summed E-state index contributed by atoms with van der Waals surface area (Å²) in [7, 11) is 4.43. The number of ether oxygens (including phenoxy) is 1. The highest BCUT2D eigenvalue weighted by Crippen LogP contribution is 2.28. The predicted molar refractivity (Wildman–Crippen MR) is 82.5 cm³/mol. The van der Waals surface area contributed by atoms with Crippen LogP contribution in [0.1, 0.15) is 36.5 Å². The van der Waals surface area contributed by atoms with Crippen molar-refractivity contribution in [1.29, 1.82) is 0 Å². The molecule has 0 radical (unpaired) electrons. The van der Waals surface area contributed by atoms with Crippen molar-refractivity contribution >= 4 is 25.6 Å². The number of carbonyl (C=O) groups excluding carboxylic acids is 1. The Morgan fingerprint density at radius 1 is 1.33 bits per heavy atom. The number of hydrogen-bond acceptors (Lipinski definition) is 4. The van der Waals surface area contributed by atoms with E-state index in [2.05, 4.69) is 6.92 Å². The molecule has 1 amide bonds. The van der Waals surface area contributed by atoms with Gasteiger partial charge in [0, 0.05) is 29.8 Å². The van der Waals surface area contributed by atoms with Crippen molar-refractivity contribution in [2.75, 3.05) is 20.7 Å². The van der Waals surface area contributed by atoms with Gasteiger partial charge in [0.15, 0.2) is 0 Å². The van der Waals surface area contributed by atoms with Gasteiger partial charge in [-0.25, -0.2) is 8.42 Å². The van der Waals surface area contributed by atoms with Crippen LogP contribution < -0.4 is 4.74 Å². The molecular weight excluding hydrogens is 314 g/mol. The van der Waals surface area contributed by atoms with Crippen molar-refractivity contribution in [2.24, 2.45) is 0 Å². The van der Waals surface area contributed by atoms with Crippen molar-refractivity contribution in [2.45, 2.75) is 31.1 Å². The Morgan fingerprint density at radius 2 is 2.00 bits per heavy atom. The van der Waals surface area contributed by atoms with Crippen LogP contribution in [0, 0.1) is 0 Å². The number of halogens is 1. The van der Waals surface area contributed by atoms with Crippen molar-refractivity contribution < 1.29 is 17.9 Å². The number of carbonyl (C=O) groups is 1. The number of amides is 1. The summed E-state index contributed by atoms with van der Waals surface area (Å²) in [5.74, 6) is -0.120. The van der Waals surface area contributed by atoms with E-state index in [9.17, 15) is 13.2 Å². The van der Waals surface area contributed by atoms with Crippen LogP contribution in [0.5, 0.6) is 5.75 Å². The minimum Gasteiger partial charge on any atom is -0.495 e. The monoisotopic (exact) mass is 333 g/mol. The third kappa shape index (κ3) is 4.89. The van der Waals surface area contributed by atoms with Crippen LogP contribution in [0.2, 0.25) is 0 Å². The molecule has 0 N–H and O–H groups in total. The molecule has 0 aliphatic heterocycles. The Morgan fingerprint density at radius 3 is 2.52 bits per heavy atom. The van der Waals surface area contributed by atoms with E-state index in [0.717, 1.165) is 19.3 Å². The summed E-state index contributed by atoms with van der Waals surface area (Å²) in [4.78, 5) is 13.6. The second-order valence-corrected chi connectivity index (χ2v) is 7.27. The average Bonchev–Trinajstić information content (AvgIpc) is 2.45. The molecule has 0 aliphatic carbocycles. The third-order valence-electron chi connectivity index (χ3n) is 3.12. The maximum absolute atomic E-state index is 12.3. The summed E-state index contributed by atoms with van der Waals surface area (Å²) < 4.78 is 28.0. The minimum absolute atomic E-state index is 0.121. The van der Waals surface area contributed by atoms with Crippen LogP contribution in [0.25, 0.3) is 0 Å². The fraction of sp³-hybridized carbons (Fsp3) is 0.500. The first-order chi connectivity index (χ1) is 9.81. The second kappa shape index (κ2) is 7.66. The van der Waals surface area contributed by atoms with Crippen LogP contribution in [-0.4, -0.2) is 39.9 Å². The van der Waals surface area contributed by atoms with Crippen LogP contribution in [0.3, 0.4) is 0 Å². The molecule has 118 valence electrons. The number of hydrogen-bond donors (Lipinski definition) is 0. The molecule has 0 unspecified atom stereocenters. The molecule has 5 nitrogen and oxygen atoms in total. The van der Waals surface area contributed by atoms with Crippen molar-refractivity contribution in [3.05, 3.63) is 23.8 Å². The number of benzene rings is 1. The van der Waals surface area contributed by atoms with E-state index in [4.69, 9.17) is 15.4 Å². The largest absolute Gasteiger partial charge is 0.495 e. The molecule has 0 spiro atoms. The van der Waals surface area contributed by atoms with Gasteiger partial charge in [-0.3, -0.25) is 4.79 Å². The lowest BCUT2D eigenvalue weighted by molar-refractivity contribution is 0.0792. The van der Waals surface area contributed by atoms with Crippen LogP contribution in [0.15, 0.2) is 23.1 Å². The van der Waals surface area contributed by atoms with Gasteiger partial charge in [0.1, 0.15) is 10.6 Å². The van der Waals surface area contributed by atoms with Gasteiger partial charge in [0.25, 0.3) is 15.0 Å². The van der Waals surface area contributed by atoms with Crippen LogP contribution in [0.4, 0.5) is 0 Å². The number of unbranched alkanes of at least 4 members (excludes halogenated alkanes) is 2. The molecule has 0 saturated heterocycles. The number of nitrogens with zero attached hydrogens (tertiary/aromatic N) is 1. The van der Waals surface area contributed by atoms with Gasteiger partial charge in [-0.05, 0) is 24.6 Å². The molecule has 0 atom stereocenters. The number of rotatable bonds is 7. The Balaban J connectivity index is 3.01. The first-order valence-corrected chi connectivity index (χ1v) is 9.00. The summed E-state index contributed by atoms with van der Waals surface area (Å²) in [5.41, 5.74) is 0.272. The highest BCUT2D eigenvalue weighted by atomic mass is 35.7. The van der Waals surface area contributed by atoms with E-state index in [1.54, 1.807) is 11.9 Å². The molecule has 7 heteroatoms.